The van der Waals surface area contributed by atoms with Gasteiger partial charge in [0.2, 0.25) is 0 Å². The molecular weight excluding hydrogens is 281 g/mol. The van der Waals surface area contributed by atoms with Crippen LogP contribution < -0.4 is 5.32 Å². The zero-order valence-electron chi connectivity index (χ0n) is 10.1. The molecule has 0 aliphatic heterocycles. The van der Waals surface area contributed by atoms with Crippen molar-refractivity contribution in [1.29, 1.82) is 0 Å². The third kappa shape index (κ3) is 3.28. The summed E-state index contributed by atoms with van der Waals surface area (Å²) in [4.78, 5) is 4.02. The summed E-state index contributed by atoms with van der Waals surface area (Å²) in [7, 11) is 0. The number of fused-ring (bicyclic) bond motifs is 1. The molecule has 0 aliphatic carbocycles. The van der Waals surface area contributed by atoms with Crippen molar-refractivity contribution in [3.8, 4) is 0 Å². The van der Waals surface area contributed by atoms with Crippen LogP contribution in [0.3, 0.4) is 0 Å². The fourth-order valence-corrected chi connectivity index (χ4v) is 1.70. The number of nitrogens with zero attached hydrogens (tertiary/aromatic N) is 3. The van der Waals surface area contributed by atoms with E-state index in [9.17, 15) is 13.2 Å². The molecule has 0 saturated heterocycles. The Morgan fingerprint density at radius 3 is 2.84 bits per heavy atom. The molecule has 104 valence electrons. The molecule has 1 atom stereocenters. The minimum absolute atomic E-state index is 0.0112. The number of rotatable bonds is 4. The Bertz CT molecular complexity index is 565. The fraction of sp³-hybridized carbons (Fsp3) is 0.455. The van der Waals surface area contributed by atoms with Crippen LogP contribution >= 0.6 is 11.6 Å². The summed E-state index contributed by atoms with van der Waals surface area (Å²) >= 11 is 5.80. The number of hydrogen-bond donors (Lipinski definition) is 1. The highest BCUT2D eigenvalue weighted by atomic mass is 35.5. The second-order valence-corrected chi connectivity index (χ2v) is 4.87. The van der Waals surface area contributed by atoms with Gasteiger partial charge in [0, 0.05) is 30.4 Å². The number of halogens is 4. The lowest BCUT2D eigenvalue weighted by Gasteiger charge is -2.07. The van der Waals surface area contributed by atoms with E-state index >= 15 is 0 Å². The summed E-state index contributed by atoms with van der Waals surface area (Å²) in [6.07, 6.45) is -1.01. The van der Waals surface area contributed by atoms with E-state index in [0.717, 1.165) is 10.6 Å². The van der Waals surface area contributed by atoms with Gasteiger partial charge < -0.3 is 5.32 Å². The smallest absolute Gasteiger partial charge is 0.368 e. The molecule has 0 saturated carbocycles. The molecule has 0 fully saturated rings. The second kappa shape index (κ2) is 5.24. The molecule has 19 heavy (non-hydrogen) atoms. The number of alkyl halides is 4. The van der Waals surface area contributed by atoms with Gasteiger partial charge in [-0.15, -0.1) is 11.6 Å². The highest BCUT2D eigenvalue weighted by Gasteiger charge is 2.34. The molecule has 2 heterocycles. The lowest BCUT2D eigenvalue weighted by Crippen LogP contribution is -2.08. The molecular formula is C11H12ClF3N4. The third-order valence-corrected chi connectivity index (χ3v) is 2.73. The minimum Gasteiger partial charge on any atom is -0.368 e. The molecule has 2 rings (SSSR count). The molecule has 2 aromatic heterocycles. The molecule has 1 unspecified atom stereocenters. The van der Waals surface area contributed by atoms with Crippen molar-refractivity contribution in [2.24, 2.45) is 0 Å². The average molecular weight is 293 g/mol. The zero-order valence-corrected chi connectivity index (χ0v) is 10.8. The summed E-state index contributed by atoms with van der Waals surface area (Å²) < 4.78 is 38.9. The number of aromatic nitrogens is 3. The predicted octanol–water partition coefficient (Wildman–Crippen LogP) is 3.18. The Morgan fingerprint density at radius 1 is 1.47 bits per heavy atom. The molecule has 0 amide bonds. The van der Waals surface area contributed by atoms with Crippen molar-refractivity contribution in [3.63, 3.8) is 0 Å². The van der Waals surface area contributed by atoms with Gasteiger partial charge >= 0.3 is 6.18 Å². The fourth-order valence-electron chi connectivity index (χ4n) is 1.59. The topological polar surface area (TPSA) is 42.2 Å². The summed E-state index contributed by atoms with van der Waals surface area (Å²) in [5.41, 5.74) is -0.647. The molecule has 0 aromatic carbocycles. The van der Waals surface area contributed by atoms with Crippen molar-refractivity contribution >= 4 is 22.9 Å². The van der Waals surface area contributed by atoms with Crippen LogP contribution in [0.2, 0.25) is 0 Å². The van der Waals surface area contributed by atoms with E-state index in [1.165, 1.54) is 12.4 Å². The Morgan fingerprint density at radius 2 is 2.21 bits per heavy atom. The van der Waals surface area contributed by atoms with Crippen molar-refractivity contribution < 1.29 is 13.2 Å². The summed E-state index contributed by atoms with van der Waals surface area (Å²) in [6.45, 7) is 2.38. The van der Waals surface area contributed by atoms with Gasteiger partial charge in [-0.05, 0) is 13.3 Å². The van der Waals surface area contributed by atoms with Crippen LogP contribution in [0.4, 0.5) is 19.0 Å². The van der Waals surface area contributed by atoms with Gasteiger partial charge in [0.15, 0.2) is 11.5 Å². The lowest BCUT2D eigenvalue weighted by molar-refractivity contribution is -0.141. The van der Waals surface area contributed by atoms with E-state index < -0.39 is 11.9 Å². The molecule has 4 nitrogen and oxygen atoms in total. The minimum atomic E-state index is -4.46. The Hall–Kier alpha value is -1.50. The van der Waals surface area contributed by atoms with Crippen LogP contribution in [0.15, 0.2) is 18.5 Å². The van der Waals surface area contributed by atoms with Gasteiger partial charge in [0.25, 0.3) is 0 Å². The Labute approximate surface area is 112 Å². The first kappa shape index (κ1) is 13.9. The normalized spacial score (nSPS) is 13.7. The SMILES string of the molecule is CC(Cl)CCNc1nccn2nc(C(F)(F)F)cc12. The molecule has 1 N–H and O–H groups in total. The Balaban J connectivity index is 2.27. The standard InChI is InChI=1S/C11H12ClF3N4/c1-7(12)2-3-16-10-8-6-9(11(13,14)15)18-19(8)5-4-17-10/h4-7H,2-3H2,1H3,(H,16,17). The highest BCUT2D eigenvalue weighted by Crippen LogP contribution is 2.29. The van der Waals surface area contributed by atoms with Gasteiger partial charge in [0.1, 0.15) is 5.52 Å². The number of nitrogens with one attached hydrogen (secondary N) is 1. The summed E-state index contributed by atoms with van der Waals surface area (Å²) in [6, 6.07) is 0.972. The number of anilines is 1. The van der Waals surface area contributed by atoms with Crippen LogP contribution in [-0.2, 0) is 6.18 Å². The molecule has 0 radical (unpaired) electrons. The largest absolute Gasteiger partial charge is 0.435 e. The monoisotopic (exact) mass is 292 g/mol. The molecule has 2 aromatic rings. The summed E-state index contributed by atoms with van der Waals surface area (Å²) in [5, 5.41) is 6.42. The highest BCUT2D eigenvalue weighted by molar-refractivity contribution is 6.20. The molecule has 0 aliphatic rings. The van der Waals surface area contributed by atoms with Crippen molar-refractivity contribution in [2.75, 3.05) is 11.9 Å². The van der Waals surface area contributed by atoms with Gasteiger partial charge in [-0.25, -0.2) is 9.50 Å². The quantitative estimate of drug-likeness (QED) is 0.880. The van der Waals surface area contributed by atoms with Gasteiger partial charge in [-0.2, -0.15) is 18.3 Å². The third-order valence-electron chi connectivity index (χ3n) is 2.51. The van der Waals surface area contributed by atoms with Crippen molar-refractivity contribution in [3.05, 3.63) is 24.2 Å². The van der Waals surface area contributed by atoms with Crippen LogP contribution in [0.25, 0.3) is 5.52 Å². The first-order valence-corrected chi connectivity index (χ1v) is 6.11. The predicted molar refractivity (Wildman–Crippen MR) is 66.4 cm³/mol. The van der Waals surface area contributed by atoms with Crippen LogP contribution in [0, 0.1) is 0 Å². The maximum atomic E-state index is 12.6. The van der Waals surface area contributed by atoms with Crippen LogP contribution in [-0.4, -0.2) is 26.5 Å². The van der Waals surface area contributed by atoms with Gasteiger partial charge in [-0.3, -0.25) is 0 Å². The zero-order chi connectivity index (χ0) is 14.0. The van der Waals surface area contributed by atoms with E-state index in [2.05, 4.69) is 15.4 Å². The second-order valence-electron chi connectivity index (χ2n) is 4.13. The molecule has 0 bridgehead atoms. The van der Waals surface area contributed by atoms with Gasteiger partial charge in [0.05, 0.1) is 0 Å². The van der Waals surface area contributed by atoms with Crippen molar-refractivity contribution in [1.82, 2.24) is 14.6 Å². The van der Waals surface area contributed by atoms with Gasteiger partial charge in [-0.1, -0.05) is 0 Å². The average Bonchev–Trinajstić information content (AvgIpc) is 2.72. The van der Waals surface area contributed by atoms with Crippen LogP contribution in [0.5, 0.6) is 0 Å². The van der Waals surface area contributed by atoms with E-state index in [4.69, 9.17) is 11.6 Å². The van der Waals surface area contributed by atoms with E-state index in [0.29, 0.717) is 18.8 Å². The first-order chi connectivity index (χ1) is 8.88. The maximum Gasteiger partial charge on any atom is 0.435 e. The first-order valence-electron chi connectivity index (χ1n) is 5.67. The van der Waals surface area contributed by atoms with Crippen LogP contribution in [0.1, 0.15) is 19.0 Å². The maximum absolute atomic E-state index is 12.6. The lowest BCUT2D eigenvalue weighted by atomic mass is 10.3. The molecule has 8 heteroatoms. The van der Waals surface area contributed by atoms with Crippen molar-refractivity contribution in [2.45, 2.75) is 24.9 Å². The van der Waals surface area contributed by atoms with E-state index in [1.54, 1.807) is 0 Å². The number of hydrogen-bond acceptors (Lipinski definition) is 3. The molecule has 0 spiro atoms. The van der Waals surface area contributed by atoms with E-state index in [1.807, 2.05) is 6.92 Å². The summed E-state index contributed by atoms with van der Waals surface area (Å²) in [5.74, 6) is 0.364. The Kier molecular flexibility index (Phi) is 3.84. The van der Waals surface area contributed by atoms with E-state index in [-0.39, 0.29) is 10.9 Å².